The highest BCUT2D eigenvalue weighted by Gasteiger charge is 2.23. The Kier molecular flexibility index (Phi) is 6.84. The maximum Gasteiger partial charge on any atom is 0.251 e. The summed E-state index contributed by atoms with van der Waals surface area (Å²) in [5.74, 6) is 0.839. The SMILES string of the molecule is Cc1ccc(-c2noc(CN3CCN(C(=O)CNC(=O)c4cc(C)cc(C)c4)CC3)n2)cc1. The molecule has 0 radical (unpaired) electrons. The summed E-state index contributed by atoms with van der Waals surface area (Å²) >= 11 is 0. The Morgan fingerprint density at radius 3 is 2.27 bits per heavy atom. The van der Waals surface area contributed by atoms with Crippen LogP contribution >= 0.6 is 0 Å². The Morgan fingerprint density at radius 1 is 0.939 bits per heavy atom. The van der Waals surface area contributed by atoms with Crippen LogP contribution in [-0.2, 0) is 11.3 Å². The molecule has 2 heterocycles. The normalized spacial score (nSPS) is 14.3. The van der Waals surface area contributed by atoms with Gasteiger partial charge in [0.05, 0.1) is 13.1 Å². The smallest absolute Gasteiger partial charge is 0.251 e. The van der Waals surface area contributed by atoms with Crippen LogP contribution < -0.4 is 5.32 Å². The first-order chi connectivity index (χ1) is 15.9. The van der Waals surface area contributed by atoms with E-state index in [4.69, 9.17) is 4.52 Å². The minimum atomic E-state index is -0.227. The Hall–Kier alpha value is -3.52. The molecule has 4 rings (SSSR count). The summed E-state index contributed by atoms with van der Waals surface area (Å²) in [7, 11) is 0. The van der Waals surface area contributed by atoms with Crippen molar-refractivity contribution in [1.29, 1.82) is 0 Å². The molecule has 1 saturated heterocycles. The molecule has 0 aliphatic carbocycles. The molecule has 8 heteroatoms. The Morgan fingerprint density at radius 2 is 1.61 bits per heavy atom. The molecule has 1 aliphatic rings. The molecule has 0 atom stereocenters. The lowest BCUT2D eigenvalue weighted by Gasteiger charge is -2.34. The average Bonchev–Trinajstić information content (AvgIpc) is 3.26. The number of carbonyl (C=O) groups excluding carboxylic acids is 2. The van der Waals surface area contributed by atoms with Gasteiger partial charge >= 0.3 is 0 Å². The Labute approximate surface area is 193 Å². The van der Waals surface area contributed by atoms with Crippen LogP contribution in [0.4, 0.5) is 0 Å². The summed E-state index contributed by atoms with van der Waals surface area (Å²) in [6, 6.07) is 13.7. The molecule has 1 aliphatic heterocycles. The average molecular weight is 448 g/mol. The third-order valence-corrected chi connectivity index (χ3v) is 5.75. The van der Waals surface area contributed by atoms with Crippen LogP contribution in [-0.4, -0.2) is 64.5 Å². The molecule has 2 amide bonds. The minimum absolute atomic E-state index is 0.00457. The van der Waals surface area contributed by atoms with Gasteiger partial charge in [-0.15, -0.1) is 0 Å². The van der Waals surface area contributed by atoms with E-state index < -0.39 is 0 Å². The molecular formula is C25H29N5O3. The highest BCUT2D eigenvalue weighted by Crippen LogP contribution is 2.17. The van der Waals surface area contributed by atoms with Crippen LogP contribution in [0.5, 0.6) is 0 Å². The van der Waals surface area contributed by atoms with E-state index in [2.05, 4.69) is 20.4 Å². The zero-order valence-electron chi connectivity index (χ0n) is 19.3. The molecule has 1 N–H and O–H groups in total. The van der Waals surface area contributed by atoms with Crippen LogP contribution in [0.1, 0.15) is 32.9 Å². The Bertz CT molecular complexity index is 1110. The molecule has 3 aromatic rings. The number of hydrogen-bond acceptors (Lipinski definition) is 6. The van der Waals surface area contributed by atoms with Crippen molar-refractivity contribution in [1.82, 2.24) is 25.3 Å². The number of aromatic nitrogens is 2. The second-order valence-electron chi connectivity index (χ2n) is 8.59. The van der Waals surface area contributed by atoms with Crippen molar-refractivity contribution in [2.45, 2.75) is 27.3 Å². The van der Waals surface area contributed by atoms with Gasteiger partial charge in [-0.25, -0.2) is 0 Å². The summed E-state index contributed by atoms with van der Waals surface area (Å²) < 4.78 is 5.42. The molecular weight excluding hydrogens is 418 g/mol. The lowest BCUT2D eigenvalue weighted by Crippen LogP contribution is -2.50. The lowest BCUT2D eigenvalue weighted by atomic mass is 10.1. The molecule has 0 spiro atoms. The van der Waals surface area contributed by atoms with Crippen molar-refractivity contribution in [2.24, 2.45) is 0 Å². The van der Waals surface area contributed by atoms with Crippen LogP contribution in [0.15, 0.2) is 47.0 Å². The van der Waals surface area contributed by atoms with Gasteiger partial charge in [-0.1, -0.05) is 52.2 Å². The van der Waals surface area contributed by atoms with Gasteiger partial charge in [-0.2, -0.15) is 4.98 Å². The van der Waals surface area contributed by atoms with Gasteiger partial charge in [0, 0.05) is 37.3 Å². The standard InChI is InChI=1S/C25H29N5O3/c1-17-4-6-20(7-5-17)24-27-22(33-28-24)16-29-8-10-30(11-9-29)23(31)15-26-25(32)21-13-18(2)12-19(3)14-21/h4-7,12-14H,8-11,15-16H2,1-3H3,(H,26,32). The largest absolute Gasteiger partial charge is 0.343 e. The number of benzene rings is 2. The van der Waals surface area contributed by atoms with Gasteiger partial charge in [0.25, 0.3) is 5.91 Å². The van der Waals surface area contributed by atoms with Crippen molar-refractivity contribution in [3.8, 4) is 11.4 Å². The summed E-state index contributed by atoms with van der Waals surface area (Å²) in [6.07, 6.45) is 0. The van der Waals surface area contributed by atoms with E-state index in [1.54, 1.807) is 4.90 Å². The van der Waals surface area contributed by atoms with E-state index in [9.17, 15) is 9.59 Å². The topological polar surface area (TPSA) is 91.6 Å². The number of carbonyl (C=O) groups is 2. The first-order valence-corrected chi connectivity index (χ1v) is 11.1. The first kappa shape index (κ1) is 22.7. The second-order valence-corrected chi connectivity index (χ2v) is 8.59. The van der Waals surface area contributed by atoms with Gasteiger partial charge in [0.15, 0.2) is 0 Å². The molecule has 1 fully saturated rings. The number of piperazine rings is 1. The highest BCUT2D eigenvalue weighted by molar-refractivity contribution is 5.96. The molecule has 2 aromatic carbocycles. The monoisotopic (exact) mass is 447 g/mol. The number of amides is 2. The summed E-state index contributed by atoms with van der Waals surface area (Å²) in [4.78, 5) is 33.4. The first-order valence-electron chi connectivity index (χ1n) is 11.1. The van der Waals surface area contributed by atoms with Crippen LogP contribution in [0.2, 0.25) is 0 Å². The van der Waals surface area contributed by atoms with Gasteiger partial charge in [0.1, 0.15) is 0 Å². The molecule has 172 valence electrons. The van der Waals surface area contributed by atoms with E-state index in [0.29, 0.717) is 50.0 Å². The van der Waals surface area contributed by atoms with Crippen molar-refractivity contribution < 1.29 is 14.1 Å². The van der Waals surface area contributed by atoms with E-state index in [1.165, 1.54) is 5.56 Å². The number of nitrogens with one attached hydrogen (secondary N) is 1. The van der Waals surface area contributed by atoms with E-state index in [0.717, 1.165) is 16.7 Å². The van der Waals surface area contributed by atoms with Crippen LogP contribution in [0, 0.1) is 20.8 Å². The van der Waals surface area contributed by atoms with E-state index in [1.807, 2.05) is 63.2 Å². The number of aryl methyl sites for hydroxylation is 3. The van der Waals surface area contributed by atoms with Crippen molar-refractivity contribution in [2.75, 3.05) is 32.7 Å². The fourth-order valence-electron chi connectivity index (χ4n) is 3.96. The molecule has 33 heavy (non-hydrogen) atoms. The van der Waals surface area contributed by atoms with E-state index >= 15 is 0 Å². The zero-order chi connectivity index (χ0) is 23.4. The summed E-state index contributed by atoms with van der Waals surface area (Å²) in [5, 5.41) is 6.83. The Balaban J connectivity index is 1.23. The second kappa shape index (κ2) is 9.95. The van der Waals surface area contributed by atoms with Crippen molar-refractivity contribution in [3.63, 3.8) is 0 Å². The number of nitrogens with zero attached hydrogens (tertiary/aromatic N) is 4. The molecule has 1 aromatic heterocycles. The zero-order valence-corrected chi connectivity index (χ0v) is 19.3. The summed E-state index contributed by atoms with van der Waals surface area (Å²) in [5.41, 5.74) is 4.73. The maximum absolute atomic E-state index is 12.6. The maximum atomic E-state index is 12.6. The fraction of sp³-hybridized carbons (Fsp3) is 0.360. The highest BCUT2D eigenvalue weighted by atomic mass is 16.5. The van der Waals surface area contributed by atoms with Crippen LogP contribution in [0.25, 0.3) is 11.4 Å². The van der Waals surface area contributed by atoms with Gasteiger partial charge in [-0.3, -0.25) is 14.5 Å². The van der Waals surface area contributed by atoms with Crippen molar-refractivity contribution >= 4 is 11.8 Å². The predicted octanol–water partition coefficient (Wildman–Crippen LogP) is 2.74. The lowest BCUT2D eigenvalue weighted by molar-refractivity contribution is -0.131. The third kappa shape index (κ3) is 5.84. The molecule has 0 bridgehead atoms. The quantitative estimate of drug-likeness (QED) is 0.625. The van der Waals surface area contributed by atoms with Gasteiger partial charge < -0.3 is 14.7 Å². The summed E-state index contributed by atoms with van der Waals surface area (Å²) in [6.45, 7) is 9.08. The van der Waals surface area contributed by atoms with Gasteiger partial charge in [-0.05, 0) is 32.9 Å². The number of rotatable bonds is 6. The molecule has 0 unspecified atom stereocenters. The minimum Gasteiger partial charge on any atom is -0.343 e. The molecule has 8 nitrogen and oxygen atoms in total. The number of hydrogen-bond donors (Lipinski definition) is 1. The van der Waals surface area contributed by atoms with Gasteiger partial charge in [0.2, 0.25) is 17.6 Å². The van der Waals surface area contributed by atoms with E-state index in [-0.39, 0.29) is 18.4 Å². The molecule has 0 saturated carbocycles. The fourth-order valence-corrected chi connectivity index (χ4v) is 3.96. The van der Waals surface area contributed by atoms with Crippen molar-refractivity contribution in [3.05, 3.63) is 70.6 Å². The third-order valence-electron chi connectivity index (χ3n) is 5.75. The van der Waals surface area contributed by atoms with Crippen LogP contribution in [0.3, 0.4) is 0 Å². The predicted molar refractivity (Wildman–Crippen MR) is 125 cm³/mol.